The van der Waals surface area contributed by atoms with Crippen LogP contribution in [0, 0.1) is 0 Å². The molecular weight excluding hydrogens is 306 g/mol. The Bertz CT molecular complexity index is 722. The third kappa shape index (κ3) is 2.55. The SMILES string of the molecule is CCn1c(C(C)=O)nc2c(N3CCC(O)CC3)nc(Cl)nc21. The molecule has 0 spiro atoms. The van der Waals surface area contributed by atoms with E-state index in [0.717, 1.165) is 0 Å². The van der Waals surface area contributed by atoms with Gasteiger partial charge in [0.15, 0.2) is 28.6 Å². The zero-order valence-electron chi connectivity index (χ0n) is 12.6. The first kappa shape index (κ1) is 15.2. The van der Waals surface area contributed by atoms with Crippen LogP contribution in [0.2, 0.25) is 5.28 Å². The summed E-state index contributed by atoms with van der Waals surface area (Å²) >= 11 is 6.07. The highest BCUT2D eigenvalue weighted by molar-refractivity contribution is 6.28. The van der Waals surface area contributed by atoms with Gasteiger partial charge in [-0.15, -0.1) is 0 Å². The average Bonchev–Trinajstić information content (AvgIpc) is 2.85. The third-order valence-corrected chi connectivity index (χ3v) is 4.11. The fourth-order valence-electron chi connectivity index (χ4n) is 2.83. The number of carbonyl (C=O) groups excluding carboxylic acids is 1. The van der Waals surface area contributed by atoms with E-state index in [9.17, 15) is 9.90 Å². The lowest BCUT2D eigenvalue weighted by Gasteiger charge is -2.30. The van der Waals surface area contributed by atoms with Crippen LogP contribution in [0.25, 0.3) is 11.2 Å². The van der Waals surface area contributed by atoms with Crippen LogP contribution >= 0.6 is 11.6 Å². The topological polar surface area (TPSA) is 84.1 Å². The van der Waals surface area contributed by atoms with Crippen LogP contribution in [0.5, 0.6) is 0 Å². The second kappa shape index (κ2) is 5.81. The molecule has 0 saturated carbocycles. The van der Waals surface area contributed by atoms with Crippen molar-refractivity contribution in [2.24, 2.45) is 0 Å². The zero-order valence-corrected chi connectivity index (χ0v) is 13.3. The van der Waals surface area contributed by atoms with Crippen molar-refractivity contribution < 1.29 is 9.90 Å². The summed E-state index contributed by atoms with van der Waals surface area (Å²) in [5, 5.41) is 9.79. The van der Waals surface area contributed by atoms with Crippen LogP contribution in [0.15, 0.2) is 0 Å². The van der Waals surface area contributed by atoms with E-state index in [4.69, 9.17) is 11.6 Å². The number of nitrogens with zero attached hydrogens (tertiary/aromatic N) is 5. The second-order valence-electron chi connectivity index (χ2n) is 5.44. The Morgan fingerprint density at radius 3 is 2.59 bits per heavy atom. The predicted molar refractivity (Wildman–Crippen MR) is 83.5 cm³/mol. The number of hydrogen-bond donors (Lipinski definition) is 1. The Hall–Kier alpha value is -1.73. The molecule has 2 aromatic rings. The molecule has 3 rings (SSSR count). The molecule has 0 aliphatic carbocycles. The van der Waals surface area contributed by atoms with E-state index < -0.39 is 0 Å². The third-order valence-electron chi connectivity index (χ3n) is 3.94. The van der Waals surface area contributed by atoms with E-state index in [1.54, 1.807) is 4.57 Å². The molecule has 0 aromatic carbocycles. The summed E-state index contributed by atoms with van der Waals surface area (Å²) in [7, 11) is 0. The molecule has 0 bridgehead atoms. The molecule has 8 heteroatoms. The van der Waals surface area contributed by atoms with E-state index in [1.807, 2.05) is 11.8 Å². The molecule has 1 saturated heterocycles. The van der Waals surface area contributed by atoms with E-state index >= 15 is 0 Å². The van der Waals surface area contributed by atoms with E-state index in [2.05, 4.69) is 15.0 Å². The highest BCUT2D eigenvalue weighted by Gasteiger charge is 2.25. The maximum atomic E-state index is 11.8. The number of anilines is 1. The van der Waals surface area contributed by atoms with Gasteiger partial charge >= 0.3 is 0 Å². The molecule has 0 amide bonds. The molecule has 22 heavy (non-hydrogen) atoms. The minimum absolute atomic E-state index is 0.115. The summed E-state index contributed by atoms with van der Waals surface area (Å²) in [5.41, 5.74) is 1.17. The minimum Gasteiger partial charge on any atom is -0.393 e. The largest absolute Gasteiger partial charge is 0.393 e. The highest BCUT2D eigenvalue weighted by Crippen LogP contribution is 2.28. The molecule has 0 radical (unpaired) electrons. The molecule has 7 nitrogen and oxygen atoms in total. The summed E-state index contributed by atoms with van der Waals surface area (Å²) in [6.45, 7) is 5.35. The van der Waals surface area contributed by atoms with Gasteiger partial charge in [0.05, 0.1) is 6.10 Å². The van der Waals surface area contributed by atoms with Crippen LogP contribution in [-0.2, 0) is 6.54 Å². The number of aliphatic hydroxyl groups is 1. The highest BCUT2D eigenvalue weighted by atomic mass is 35.5. The molecule has 0 atom stereocenters. The summed E-state index contributed by atoms with van der Waals surface area (Å²) in [6, 6.07) is 0. The van der Waals surface area contributed by atoms with Crippen LogP contribution in [0.1, 0.15) is 37.3 Å². The minimum atomic E-state index is -0.273. The van der Waals surface area contributed by atoms with Gasteiger partial charge in [0.25, 0.3) is 0 Å². The Morgan fingerprint density at radius 2 is 2.00 bits per heavy atom. The van der Waals surface area contributed by atoms with Gasteiger partial charge in [0.1, 0.15) is 0 Å². The van der Waals surface area contributed by atoms with E-state index in [0.29, 0.717) is 55.3 Å². The lowest BCUT2D eigenvalue weighted by molar-refractivity contribution is 0.1000. The molecule has 1 aliphatic heterocycles. The Kier molecular flexibility index (Phi) is 4.01. The number of piperidine rings is 1. The molecular formula is C14H18ClN5O2. The van der Waals surface area contributed by atoms with Crippen molar-refractivity contribution in [3.63, 3.8) is 0 Å². The van der Waals surface area contributed by atoms with Gasteiger partial charge in [-0.3, -0.25) is 4.79 Å². The van der Waals surface area contributed by atoms with Crippen LogP contribution < -0.4 is 4.90 Å². The number of imidazole rings is 1. The molecule has 0 unspecified atom stereocenters. The number of hydrogen-bond acceptors (Lipinski definition) is 6. The lowest BCUT2D eigenvalue weighted by atomic mass is 10.1. The van der Waals surface area contributed by atoms with Gasteiger partial charge in [-0.1, -0.05) is 0 Å². The summed E-state index contributed by atoms with van der Waals surface area (Å²) in [5.74, 6) is 0.889. The average molecular weight is 324 g/mol. The maximum Gasteiger partial charge on any atom is 0.226 e. The predicted octanol–water partition coefficient (Wildman–Crippen LogP) is 1.66. The number of ketones is 1. The van der Waals surface area contributed by atoms with Crippen molar-refractivity contribution in [2.45, 2.75) is 39.3 Å². The van der Waals surface area contributed by atoms with Gasteiger partial charge in [0.2, 0.25) is 5.28 Å². The first-order valence-electron chi connectivity index (χ1n) is 7.39. The van der Waals surface area contributed by atoms with Gasteiger partial charge in [-0.05, 0) is 31.4 Å². The molecule has 1 fully saturated rings. The van der Waals surface area contributed by atoms with Crippen molar-refractivity contribution in [1.29, 1.82) is 0 Å². The first-order valence-corrected chi connectivity index (χ1v) is 7.76. The lowest BCUT2D eigenvalue weighted by Crippen LogP contribution is -2.36. The van der Waals surface area contributed by atoms with Crippen molar-refractivity contribution >= 4 is 34.4 Å². The van der Waals surface area contributed by atoms with Gasteiger partial charge in [-0.2, -0.15) is 9.97 Å². The summed E-state index contributed by atoms with van der Waals surface area (Å²) < 4.78 is 1.76. The molecule has 3 heterocycles. The van der Waals surface area contributed by atoms with Crippen LogP contribution in [0.4, 0.5) is 5.82 Å². The van der Waals surface area contributed by atoms with Gasteiger partial charge in [0, 0.05) is 26.6 Å². The maximum absolute atomic E-state index is 11.8. The zero-order chi connectivity index (χ0) is 15.9. The second-order valence-corrected chi connectivity index (χ2v) is 5.78. The van der Waals surface area contributed by atoms with Gasteiger partial charge in [-0.25, -0.2) is 4.98 Å². The summed E-state index contributed by atoms with van der Waals surface area (Å²) in [4.78, 5) is 26.8. The van der Waals surface area contributed by atoms with E-state index in [1.165, 1.54) is 6.92 Å². The number of fused-ring (bicyclic) bond motifs is 1. The normalized spacial score (nSPS) is 16.5. The number of Topliss-reactive ketones (excluding diaryl/α,β-unsaturated/α-hetero) is 1. The standard InChI is InChI=1S/C14H18ClN5O2/c1-3-20-11(8(2)21)16-10-12(17-14(15)18-13(10)20)19-6-4-9(22)5-7-19/h9,22H,3-7H2,1-2H3. The number of carbonyl (C=O) groups is 1. The van der Waals surface area contributed by atoms with Crippen molar-refractivity contribution in [1.82, 2.24) is 19.5 Å². The number of halogens is 1. The monoisotopic (exact) mass is 323 g/mol. The number of aliphatic hydroxyl groups excluding tert-OH is 1. The Morgan fingerprint density at radius 1 is 1.32 bits per heavy atom. The number of aryl methyl sites for hydroxylation is 1. The smallest absolute Gasteiger partial charge is 0.226 e. The summed E-state index contributed by atoms with van der Waals surface area (Å²) in [6.07, 6.45) is 1.08. The fraction of sp³-hybridized carbons (Fsp3) is 0.571. The molecule has 2 aromatic heterocycles. The molecule has 1 N–H and O–H groups in total. The Labute approximate surface area is 132 Å². The van der Waals surface area contributed by atoms with Crippen molar-refractivity contribution in [3.05, 3.63) is 11.1 Å². The van der Waals surface area contributed by atoms with Crippen LogP contribution in [0.3, 0.4) is 0 Å². The van der Waals surface area contributed by atoms with Crippen molar-refractivity contribution in [2.75, 3.05) is 18.0 Å². The fourth-order valence-corrected chi connectivity index (χ4v) is 2.99. The quantitative estimate of drug-likeness (QED) is 0.683. The first-order chi connectivity index (χ1) is 10.5. The molecule has 118 valence electrons. The molecule has 1 aliphatic rings. The van der Waals surface area contributed by atoms with E-state index in [-0.39, 0.29) is 17.2 Å². The number of aromatic nitrogens is 4. The van der Waals surface area contributed by atoms with Gasteiger partial charge < -0.3 is 14.6 Å². The van der Waals surface area contributed by atoms with Crippen LogP contribution in [-0.4, -0.2) is 49.6 Å². The van der Waals surface area contributed by atoms with Crippen molar-refractivity contribution in [3.8, 4) is 0 Å². The Balaban J connectivity index is 2.16. The number of rotatable bonds is 3.